The van der Waals surface area contributed by atoms with Crippen LogP contribution in [-0.2, 0) is 9.53 Å². The number of aliphatic hydroxyl groups is 1. The number of aromatic nitrogens is 3. The minimum Gasteiger partial charge on any atom is -0.489 e. The molecule has 6 heterocycles. The molecule has 1 N–H and O–H groups in total. The van der Waals surface area contributed by atoms with Crippen LogP contribution in [0.4, 0.5) is 5.82 Å². The fourth-order valence-corrected chi connectivity index (χ4v) is 5.20. The van der Waals surface area contributed by atoms with Crippen LogP contribution in [0.1, 0.15) is 18.9 Å². The summed E-state index contributed by atoms with van der Waals surface area (Å²) in [6.07, 6.45) is 8.59. The third-order valence-corrected chi connectivity index (χ3v) is 7.14. The highest BCUT2D eigenvalue weighted by molar-refractivity contribution is 5.99. The minimum absolute atomic E-state index is 0.0807. The average Bonchev–Trinajstić information content (AvgIpc) is 3.39. The Morgan fingerprint density at radius 3 is 2.73 bits per heavy atom. The van der Waals surface area contributed by atoms with Gasteiger partial charge in [-0.1, -0.05) is 6.58 Å². The van der Waals surface area contributed by atoms with Gasteiger partial charge in [-0.15, -0.1) is 0 Å². The smallest absolute Gasteiger partial charge is 0.253 e. The fourth-order valence-electron chi connectivity index (χ4n) is 5.20. The van der Waals surface area contributed by atoms with Gasteiger partial charge in [-0.3, -0.25) is 9.79 Å². The molecular weight excluding hydrogens is 510 g/mol. The molecule has 3 aliphatic heterocycles. The molecule has 40 heavy (non-hydrogen) atoms. The van der Waals surface area contributed by atoms with Gasteiger partial charge in [0, 0.05) is 49.1 Å². The van der Waals surface area contributed by atoms with Crippen LogP contribution in [0.5, 0.6) is 5.75 Å². The van der Waals surface area contributed by atoms with Crippen LogP contribution in [0.3, 0.4) is 0 Å². The van der Waals surface area contributed by atoms with E-state index in [4.69, 9.17) is 14.5 Å². The third kappa shape index (κ3) is 5.13. The number of anilines is 1. The molecule has 3 aromatic rings. The van der Waals surface area contributed by atoms with Gasteiger partial charge in [0.05, 0.1) is 48.8 Å². The minimum atomic E-state index is -0.622. The molecule has 3 fully saturated rings. The van der Waals surface area contributed by atoms with E-state index >= 15 is 0 Å². The largest absolute Gasteiger partial charge is 0.489 e. The molecule has 6 rings (SSSR count). The van der Waals surface area contributed by atoms with Crippen molar-refractivity contribution in [2.24, 2.45) is 4.99 Å². The third-order valence-electron chi connectivity index (χ3n) is 7.14. The normalized spacial score (nSPS) is 19.3. The number of piperidine rings is 1. The van der Waals surface area contributed by atoms with Crippen molar-refractivity contribution in [3.05, 3.63) is 66.7 Å². The molecule has 1 amide bonds. The summed E-state index contributed by atoms with van der Waals surface area (Å²) in [5, 5.41) is 23.5. The van der Waals surface area contributed by atoms with Crippen LogP contribution >= 0.6 is 0 Å². The van der Waals surface area contributed by atoms with E-state index in [1.807, 2.05) is 23.1 Å². The molecule has 0 spiro atoms. The Balaban J connectivity index is 1.31. The van der Waals surface area contributed by atoms with E-state index in [1.54, 1.807) is 43.0 Å². The van der Waals surface area contributed by atoms with Crippen LogP contribution in [0.25, 0.3) is 16.6 Å². The number of methoxy groups -OCH3 is 1. The molecule has 3 atom stereocenters. The number of ether oxygens (including phenoxy) is 2. The van der Waals surface area contributed by atoms with E-state index in [2.05, 4.69) is 27.6 Å². The van der Waals surface area contributed by atoms with E-state index in [0.29, 0.717) is 41.4 Å². The first kappa shape index (κ1) is 26.9. The summed E-state index contributed by atoms with van der Waals surface area (Å²) in [5.74, 6) is 1.69. The van der Waals surface area contributed by atoms with Gasteiger partial charge < -0.3 is 24.4 Å². The van der Waals surface area contributed by atoms with Crippen molar-refractivity contribution in [2.75, 3.05) is 38.8 Å². The van der Waals surface area contributed by atoms with E-state index in [-0.39, 0.29) is 24.6 Å². The standard InChI is InChI=1S/C29H31N7O4/c1-18(5-8-27(31-3)39-4)29(38)36-22-9-23(36)15-34(14-22)26-7-6-20(12-32-26)25-10-24(40-17-19(2)37)16-35-28(25)21(11-30)13-33-35/h5-8,10,12-13,16,19,22-23,37H,1,9,14-15,17H2,2-4H3/b8-5-,31-27?/t19-,22?,23?/m1/s1. The molecule has 0 saturated carbocycles. The molecule has 0 aromatic carbocycles. The van der Waals surface area contributed by atoms with Crippen molar-refractivity contribution in [1.29, 1.82) is 5.26 Å². The van der Waals surface area contributed by atoms with Gasteiger partial charge in [0.15, 0.2) is 0 Å². The van der Waals surface area contributed by atoms with Crippen LogP contribution in [-0.4, -0.2) is 88.5 Å². The van der Waals surface area contributed by atoms with Gasteiger partial charge in [-0.25, -0.2) is 9.50 Å². The highest BCUT2D eigenvalue weighted by Crippen LogP contribution is 2.36. The maximum Gasteiger partial charge on any atom is 0.253 e. The Morgan fingerprint density at radius 1 is 1.32 bits per heavy atom. The zero-order valence-electron chi connectivity index (χ0n) is 22.7. The number of nitriles is 1. The predicted octanol–water partition coefficient (Wildman–Crippen LogP) is 2.60. The van der Waals surface area contributed by atoms with Crippen LogP contribution < -0.4 is 9.64 Å². The van der Waals surface area contributed by atoms with E-state index in [0.717, 1.165) is 23.4 Å². The SMILES string of the molecule is C=C(/C=C\C(=NC)OC)C(=O)N1C2CC1CN(c1ccc(-c3cc(OC[C@@H](C)O)cn4ncc(C#N)c34)cn1)C2. The number of piperazine rings is 1. The number of aliphatic imine (C=N–C) groups is 1. The van der Waals surface area contributed by atoms with Crippen LogP contribution in [0.2, 0.25) is 0 Å². The summed E-state index contributed by atoms with van der Waals surface area (Å²) in [7, 11) is 3.15. The van der Waals surface area contributed by atoms with Crippen molar-refractivity contribution in [3.63, 3.8) is 0 Å². The van der Waals surface area contributed by atoms with Crippen molar-refractivity contribution in [2.45, 2.75) is 31.5 Å². The number of carbonyl (C=O) groups excluding carboxylic acids is 1. The lowest BCUT2D eigenvalue weighted by molar-refractivity contribution is -0.141. The summed E-state index contributed by atoms with van der Waals surface area (Å²) in [4.78, 5) is 25.8. The molecule has 3 aromatic heterocycles. The zero-order valence-corrected chi connectivity index (χ0v) is 22.7. The molecule has 206 valence electrons. The van der Waals surface area contributed by atoms with E-state index in [9.17, 15) is 15.2 Å². The van der Waals surface area contributed by atoms with Gasteiger partial charge in [0.2, 0.25) is 5.90 Å². The highest BCUT2D eigenvalue weighted by atomic mass is 16.5. The Hall–Kier alpha value is -4.69. The topological polar surface area (TPSA) is 129 Å². The summed E-state index contributed by atoms with van der Waals surface area (Å²) in [5.41, 5.74) is 3.06. The summed E-state index contributed by atoms with van der Waals surface area (Å²) >= 11 is 0. The molecule has 2 bridgehead atoms. The van der Waals surface area contributed by atoms with Crippen molar-refractivity contribution < 1.29 is 19.4 Å². The molecule has 0 radical (unpaired) electrons. The first-order valence-electron chi connectivity index (χ1n) is 13.0. The van der Waals surface area contributed by atoms with Crippen LogP contribution in [0, 0.1) is 11.3 Å². The number of rotatable bonds is 8. The van der Waals surface area contributed by atoms with Gasteiger partial charge in [-0.2, -0.15) is 10.4 Å². The second-order valence-electron chi connectivity index (χ2n) is 9.90. The Kier molecular flexibility index (Phi) is 7.53. The first-order valence-corrected chi connectivity index (χ1v) is 13.0. The van der Waals surface area contributed by atoms with Crippen molar-refractivity contribution >= 4 is 23.1 Å². The highest BCUT2D eigenvalue weighted by Gasteiger charge is 2.47. The van der Waals surface area contributed by atoms with E-state index < -0.39 is 6.10 Å². The van der Waals surface area contributed by atoms with Gasteiger partial charge in [0.25, 0.3) is 5.91 Å². The van der Waals surface area contributed by atoms with Crippen molar-refractivity contribution in [3.8, 4) is 22.9 Å². The number of nitrogens with zero attached hydrogens (tertiary/aromatic N) is 7. The monoisotopic (exact) mass is 541 g/mol. The summed E-state index contributed by atoms with van der Waals surface area (Å²) in [6.45, 7) is 7.08. The molecule has 0 aliphatic carbocycles. The van der Waals surface area contributed by atoms with Gasteiger partial charge in [0.1, 0.15) is 24.2 Å². The number of hydrogen-bond donors (Lipinski definition) is 1. The van der Waals surface area contributed by atoms with Crippen LogP contribution in [0.15, 0.2) is 66.1 Å². The molecular formula is C29H31N7O4. The molecule has 11 nitrogen and oxygen atoms in total. The lowest BCUT2D eigenvalue weighted by Gasteiger charge is -2.56. The Bertz CT molecular complexity index is 1520. The first-order chi connectivity index (χ1) is 19.3. The molecule has 3 aliphatic rings. The summed E-state index contributed by atoms with van der Waals surface area (Å²) in [6, 6.07) is 8.12. The predicted molar refractivity (Wildman–Crippen MR) is 150 cm³/mol. The van der Waals surface area contributed by atoms with Gasteiger partial charge in [-0.05, 0) is 37.6 Å². The molecule has 3 saturated heterocycles. The Morgan fingerprint density at radius 2 is 2.10 bits per heavy atom. The number of amides is 1. The lowest BCUT2D eigenvalue weighted by Crippen LogP contribution is -2.70. The second-order valence-corrected chi connectivity index (χ2v) is 9.90. The average molecular weight is 542 g/mol. The van der Waals surface area contributed by atoms with E-state index in [1.165, 1.54) is 13.3 Å². The molecule has 11 heteroatoms. The van der Waals surface area contributed by atoms with Crippen molar-refractivity contribution in [1.82, 2.24) is 19.5 Å². The quantitative estimate of drug-likeness (QED) is 0.199. The number of aliphatic hydroxyl groups excluding tert-OH is 1. The molecule has 2 unspecified atom stereocenters. The lowest BCUT2D eigenvalue weighted by atomic mass is 9.86. The number of hydrogen-bond acceptors (Lipinski definition) is 9. The maximum absolute atomic E-state index is 13.0. The maximum atomic E-state index is 13.0. The zero-order chi connectivity index (χ0) is 28.4. The Labute approximate surface area is 232 Å². The fraction of sp³-hybridized carbons (Fsp3) is 0.345. The summed E-state index contributed by atoms with van der Waals surface area (Å²) < 4.78 is 12.4. The number of fused-ring (bicyclic) bond motifs is 3. The second kappa shape index (κ2) is 11.2. The number of pyridine rings is 2. The number of carbonyl (C=O) groups is 1. The van der Waals surface area contributed by atoms with Gasteiger partial charge >= 0.3 is 0 Å².